The number of benzene rings is 2. The smallest absolute Gasteiger partial charge is 0.246 e. The number of nitrogens with zero attached hydrogens (tertiary/aromatic N) is 3. The van der Waals surface area contributed by atoms with Gasteiger partial charge in [-0.25, -0.2) is 0 Å². The summed E-state index contributed by atoms with van der Waals surface area (Å²) in [5.41, 5.74) is 8.92. The largest absolute Gasteiger partial charge is 0.365 e. The van der Waals surface area contributed by atoms with Crippen LogP contribution in [0.15, 0.2) is 54.6 Å². The SMILES string of the molecule is CN(C(=O)CN1C(=O)C(N)CN(C2CCCCC2)c2ccccc21)c1ccccc1. The summed E-state index contributed by atoms with van der Waals surface area (Å²) < 4.78 is 0. The number of rotatable bonds is 4. The summed E-state index contributed by atoms with van der Waals surface area (Å²) in [5.74, 6) is -0.349. The fourth-order valence-corrected chi connectivity index (χ4v) is 4.58. The number of likely N-dealkylation sites (N-methyl/N-ethyl adjacent to an activating group) is 1. The third-order valence-electron chi connectivity index (χ3n) is 6.29. The van der Waals surface area contributed by atoms with Gasteiger partial charge in [0, 0.05) is 25.3 Å². The molecule has 1 atom stereocenters. The normalized spacial score (nSPS) is 19.9. The fourth-order valence-electron chi connectivity index (χ4n) is 4.58. The molecule has 1 fully saturated rings. The van der Waals surface area contributed by atoms with Crippen molar-refractivity contribution in [1.29, 1.82) is 0 Å². The molecule has 0 aromatic heterocycles. The van der Waals surface area contributed by atoms with Gasteiger partial charge in [-0.15, -0.1) is 0 Å². The Hall–Kier alpha value is -2.86. The van der Waals surface area contributed by atoms with E-state index in [0.29, 0.717) is 12.6 Å². The van der Waals surface area contributed by atoms with Crippen LogP contribution in [0.2, 0.25) is 0 Å². The van der Waals surface area contributed by atoms with Gasteiger partial charge in [-0.05, 0) is 37.1 Å². The van der Waals surface area contributed by atoms with Crippen LogP contribution in [0.3, 0.4) is 0 Å². The molecule has 0 bridgehead atoms. The first-order valence-electron chi connectivity index (χ1n) is 10.8. The van der Waals surface area contributed by atoms with Gasteiger partial charge in [0.25, 0.3) is 0 Å². The maximum atomic E-state index is 13.2. The van der Waals surface area contributed by atoms with Gasteiger partial charge in [0.15, 0.2) is 0 Å². The molecule has 1 aliphatic heterocycles. The van der Waals surface area contributed by atoms with Gasteiger partial charge in [0.1, 0.15) is 12.6 Å². The highest BCUT2D eigenvalue weighted by atomic mass is 16.2. The number of para-hydroxylation sites is 3. The van der Waals surface area contributed by atoms with Crippen LogP contribution in [0.5, 0.6) is 0 Å². The standard InChI is InChI=1S/C24H30N4O2/c1-26(18-10-4-2-5-11-18)23(29)17-28-22-15-9-8-14-21(22)27(16-20(25)24(28)30)19-12-6-3-7-13-19/h2,4-5,8-11,14-15,19-20H,3,6-7,12-13,16-17,25H2,1H3. The summed E-state index contributed by atoms with van der Waals surface area (Å²) in [6.45, 7) is 0.452. The molecular formula is C24H30N4O2. The molecule has 2 aromatic carbocycles. The highest BCUT2D eigenvalue weighted by Crippen LogP contribution is 2.36. The number of carbonyl (C=O) groups excluding carboxylic acids is 2. The van der Waals surface area contributed by atoms with Crippen molar-refractivity contribution in [3.8, 4) is 0 Å². The number of nitrogens with two attached hydrogens (primary N) is 1. The molecule has 6 nitrogen and oxygen atoms in total. The maximum absolute atomic E-state index is 13.2. The van der Waals surface area contributed by atoms with E-state index in [-0.39, 0.29) is 18.4 Å². The minimum Gasteiger partial charge on any atom is -0.365 e. The van der Waals surface area contributed by atoms with Gasteiger partial charge in [0.05, 0.1) is 11.4 Å². The molecule has 1 heterocycles. The van der Waals surface area contributed by atoms with E-state index in [9.17, 15) is 9.59 Å². The van der Waals surface area contributed by atoms with Crippen LogP contribution in [-0.2, 0) is 9.59 Å². The van der Waals surface area contributed by atoms with Crippen molar-refractivity contribution in [3.05, 3.63) is 54.6 Å². The van der Waals surface area contributed by atoms with Gasteiger partial charge in [0.2, 0.25) is 11.8 Å². The number of fused-ring (bicyclic) bond motifs is 1. The minimum absolute atomic E-state index is 0.0343. The maximum Gasteiger partial charge on any atom is 0.246 e. The Labute approximate surface area is 178 Å². The van der Waals surface area contributed by atoms with E-state index in [2.05, 4.69) is 4.90 Å². The molecule has 2 aliphatic rings. The second-order valence-electron chi connectivity index (χ2n) is 8.25. The third-order valence-corrected chi connectivity index (χ3v) is 6.29. The highest BCUT2D eigenvalue weighted by molar-refractivity contribution is 6.07. The van der Waals surface area contributed by atoms with Crippen LogP contribution in [0.25, 0.3) is 0 Å². The predicted octanol–water partition coefficient (Wildman–Crippen LogP) is 3.16. The molecule has 1 unspecified atom stereocenters. The summed E-state index contributed by atoms with van der Waals surface area (Å²) in [7, 11) is 1.74. The number of carbonyl (C=O) groups is 2. The Morgan fingerprint density at radius 3 is 2.33 bits per heavy atom. The molecule has 158 valence electrons. The van der Waals surface area contributed by atoms with E-state index in [1.54, 1.807) is 16.8 Å². The topological polar surface area (TPSA) is 69.9 Å². The quantitative estimate of drug-likeness (QED) is 0.847. The molecule has 1 aliphatic carbocycles. The van der Waals surface area contributed by atoms with Crippen LogP contribution in [0.4, 0.5) is 17.1 Å². The Bertz CT molecular complexity index is 895. The minimum atomic E-state index is -0.658. The molecule has 2 amide bonds. The first-order chi connectivity index (χ1) is 14.6. The van der Waals surface area contributed by atoms with Gasteiger partial charge >= 0.3 is 0 Å². The lowest BCUT2D eigenvalue weighted by molar-refractivity contribution is -0.123. The second kappa shape index (κ2) is 8.88. The summed E-state index contributed by atoms with van der Waals surface area (Å²) in [5, 5.41) is 0. The first-order valence-corrected chi connectivity index (χ1v) is 10.8. The molecule has 2 N–H and O–H groups in total. The summed E-state index contributed by atoms with van der Waals surface area (Å²) in [6.07, 6.45) is 5.91. The lowest BCUT2D eigenvalue weighted by atomic mass is 9.93. The van der Waals surface area contributed by atoms with Crippen LogP contribution < -0.4 is 20.4 Å². The Balaban J connectivity index is 1.64. The molecule has 1 saturated carbocycles. The monoisotopic (exact) mass is 406 g/mol. The van der Waals surface area contributed by atoms with Crippen molar-refractivity contribution >= 4 is 28.9 Å². The summed E-state index contributed by atoms with van der Waals surface area (Å²) in [6, 6.07) is 17.1. The zero-order valence-corrected chi connectivity index (χ0v) is 17.5. The highest BCUT2D eigenvalue weighted by Gasteiger charge is 2.35. The van der Waals surface area contributed by atoms with E-state index in [1.807, 2.05) is 54.6 Å². The Kier molecular flexibility index (Phi) is 6.04. The van der Waals surface area contributed by atoms with Crippen molar-refractivity contribution in [1.82, 2.24) is 0 Å². The van der Waals surface area contributed by atoms with Gasteiger partial charge < -0.3 is 15.5 Å². The molecule has 30 heavy (non-hydrogen) atoms. The number of anilines is 3. The van der Waals surface area contributed by atoms with Gasteiger partial charge in [-0.1, -0.05) is 49.6 Å². The summed E-state index contributed by atoms with van der Waals surface area (Å²) in [4.78, 5) is 31.8. The van der Waals surface area contributed by atoms with Gasteiger partial charge in [-0.3, -0.25) is 14.5 Å². The Morgan fingerprint density at radius 1 is 1.00 bits per heavy atom. The van der Waals surface area contributed by atoms with E-state index < -0.39 is 6.04 Å². The zero-order chi connectivity index (χ0) is 21.1. The first kappa shape index (κ1) is 20.4. The fraction of sp³-hybridized carbons (Fsp3) is 0.417. The number of hydrogen-bond donors (Lipinski definition) is 1. The lowest BCUT2D eigenvalue weighted by Crippen LogP contribution is -2.51. The van der Waals surface area contributed by atoms with Crippen LogP contribution in [-0.4, -0.2) is 44.0 Å². The third kappa shape index (κ3) is 4.05. The molecule has 4 rings (SSSR count). The van der Waals surface area contributed by atoms with Crippen LogP contribution >= 0.6 is 0 Å². The average Bonchev–Trinajstić information content (AvgIpc) is 2.90. The van der Waals surface area contributed by atoms with Crippen molar-refractivity contribution < 1.29 is 9.59 Å². The molecule has 0 spiro atoms. The van der Waals surface area contributed by atoms with Crippen LogP contribution in [0.1, 0.15) is 32.1 Å². The zero-order valence-electron chi connectivity index (χ0n) is 17.5. The summed E-state index contributed by atoms with van der Waals surface area (Å²) >= 11 is 0. The Morgan fingerprint density at radius 2 is 1.63 bits per heavy atom. The van der Waals surface area contributed by atoms with Crippen molar-refractivity contribution in [2.75, 3.05) is 34.8 Å². The van der Waals surface area contributed by atoms with E-state index >= 15 is 0 Å². The number of amides is 2. The van der Waals surface area contributed by atoms with E-state index in [0.717, 1.165) is 29.9 Å². The average molecular weight is 407 g/mol. The molecular weight excluding hydrogens is 376 g/mol. The predicted molar refractivity (Wildman–Crippen MR) is 121 cm³/mol. The molecule has 0 saturated heterocycles. The molecule has 0 radical (unpaired) electrons. The van der Waals surface area contributed by atoms with Crippen molar-refractivity contribution in [3.63, 3.8) is 0 Å². The van der Waals surface area contributed by atoms with Crippen molar-refractivity contribution in [2.24, 2.45) is 5.73 Å². The molecule has 2 aromatic rings. The lowest BCUT2D eigenvalue weighted by Gasteiger charge is -2.36. The number of hydrogen-bond acceptors (Lipinski definition) is 4. The van der Waals surface area contributed by atoms with E-state index in [4.69, 9.17) is 5.73 Å². The van der Waals surface area contributed by atoms with Gasteiger partial charge in [-0.2, -0.15) is 0 Å². The van der Waals surface area contributed by atoms with Crippen molar-refractivity contribution in [2.45, 2.75) is 44.2 Å². The second-order valence-corrected chi connectivity index (χ2v) is 8.25. The van der Waals surface area contributed by atoms with Crippen LogP contribution in [0, 0.1) is 0 Å². The van der Waals surface area contributed by atoms with E-state index in [1.165, 1.54) is 19.3 Å². The molecule has 6 heteroatoms.